The zero-order valence-corrected chi connectivity index (χ0v) is 20.3. The molecule has 182 valence electrons. The van der Waals surface area contributed by atoms with Crippen LogP contribution in [0.15, 0.2) is 89.1 Å². The Morgan fingerprint density at radius 3 is 2.39 bits per heavy atom. The molecule has 0 aliphatic carbocycles. The van der Waals surface area contributed by atoms with Crippen LogP contribution in [0.2, 0.25) is 0 Å². The molecule has 1 N–H and O–H groups in total. The van der Waals surface area contributed by atoms with Crippen molar-refractivity contribution in [3.63, 3.8) is 0 Å². The molecule has 1 amide bonds. The van der Waals surface area contributed by atoms with Crippen LogP contribution in [0.1, 0.15) is 12.5 Å². The number of ether oxygens (including phenoxy) is 1. The Hall–Kier alpha value is -4.51. The predicted molar refractivity (Wildman–Crippen MR) is 138 cm³/mol. The molecule has 0 fully saturated rings. The van der Waals surface area contributed by atoms with Gasteiger partial charge in [0.2, 0.25) is 0 Å². The first-order valence-corrected chi connectivity index (χ1v) is 11.8. The number of nitrogens with one attached hydrogen (secondary N) is 1. The fourth-order valence-electron chi connectivity index (χ4n) is 3.30. The van der Waals surface area contributed by atoms with E-state index in [1.165, 1.54) is 23.9 Å². The van der Waals surface area contributed by atoms with Gasteiger partial charge in [0.15, 0.2) is 11.0 Å². The highest BCUT2D eigenvalue weighted by Crippen LogP contribution is 2.29. The number of hydrogen-bond acceptors (Lipinski definition) is 8. The third-order valence-electron chi connectivity index (χ3n) is 5.17. The van der Waals surface area contributed by atoms with Gasteiger partial charge >= 0.3 is 0 Å². The third-order valence-corrected chi connectivity index (χ3v) is 6.10. The van der Waals surface area contributed by atoms with Crippen molar-refractivity contribution < 1.29 is 14.5 Å². The molecule has 0 aliphatic heterocycles. The summed E-state index contributed by atoms with van der Waals surface area (Å²) in [5, 5.41) is 24.2. The minimum Gasteiger partial charge on any atom is -0.497 e. The van der Waals surface area contributed by atoms with Gasteiger partial charge in [0.05, 0.1) is 23.5 Å². The Labute approximate surface area is 211 Å². The highest BCUT2D eigenvalue weighted by atomic mass is 32.2. The minimum atomic E-state index is -0.469. The van der Waals surface area contributed by atoms with Gasteiger partial charge in [-0.2, -0.15) is 5.10 Å². The Bertz CT molecular complexity index is 1390. The Morgan fingerprint density at radius 1 is 1.06 bits per heavy atom. The highest BCUT2D eigenvalue weighted by molar-refractivity contribution is 7.99. The summed E-state index contributed by atoms with van der Waals surface area (Å²) in [6, 6.07) is 23.1. The standard InChI is InChI=1S/C25H22N6O4S/c1-17(18-8-12-21(13-9-18)31(33)34)26-27-23(32)16-36-25-29-28-24(19-10-14-22(35-2)15-11-19)30(25)20-6-4-3-5-7-20/h3-15H,16H2,1-2H3,(H,27,32)/b26-17+. The number of hydrogen-bond donors (Lipinski definition) is 1. The summed E-state index contributed by atoms with van der Waals surface area (Å²) in [4.78, 5) is 22.8. The number of benzene rings is 3. The lowest BCUT2D eigenvalue weighted by Crippen LogP contribution is -2.21. The first kappa shape index (κ1) is 24.6. The van der Waals surface area contributed by atoms with Crippen LogP contribution in [0, 0.1) is 10.1 Å². The molecule has 0 spiro atoms. The van der Waals surface area contributed by atoms with E-state index in [0.29, 0.717) is 22.3 Å². The van der Waals surface area contributed by atoms with Crippen LogP contribution in [0.4, 0.5) is 5.69 Å². The van der Waals surface area contributed by atoms with E-state index < -0.39 is 4.92 Å². The van der Waals surface area contributed by atoms with Crippen LogP contribution < -0.4 is 10.2 Å². The van der Waals surface area contributed by atoms with E-state index in [-0.39, 0.29) is 17.3 Å². The van der Waals surface area contributed by atoms with Crippen LogP contribution in [0.5, 0.6) is 5.75 Å². The lowest BCUT2D eigenvalue weighted by Gasteiger charge is -2.10. The Kier molecular flexibility index (Phi) is 7.71. The Morgan fingerprint density at radius 2 is 1.75 bits per heavy atom. The molecule has 11 heteroatoms. The molecule has 4 rings (SSSR count). The predicted octanol–water partition coefficient (Wildman–Crippen LogP) is 4.48. The SMILES string of the molecule is COc1ccc(-c2nnc(SCC(=O)N/N=C(\C)c3ccc([N+](=O)[O-])cc3)n2-c2ccccc2)cc1. The van der Waals surface area contributed by atoms with Crippen LogP contribution >= 0.6 is 11.8 Å². The number of nitro groups is 1. The number of amides is 1. The largest absolute Gasteiger partial charge is 0.497 e. The molecule has 10 nitrogen and oxygen atoms in total. The van der Waals surface area contributed by atoms with E-state index in [2.05, 4.69) is 20.7 Å². The summed E-state index contributed by atoms with van der Waals surface area (Å²) >= 11 is 1.23. The number of carbonyl (C=O) groups is 1. The number of nitrogens with zero attached hydrogens (tertiary/aromatic N) is 5. The smallest absolute Gasteiger partial charge is 0.269 e. The number of thioether (sulfide) groups is 1. The Balaban J connectivity index is 1.48. The molecular formula is C25H22N6O4S. The first-order valence-electron chi connectivity index (χ1n) is 10.8. The molecule has 0 atom stereocenters. The lowest BCUT2D eigenvalue weighted by molar-refractivity contribution is -0.384. The van der Waals surface area contributed by atoms with Gasteiger partial charge in [-0.05, 0) is 61.0 Å². The average Bonchev–Trinajstić information content (AvgIpc) is 3.35. The van der Waals surface area contributed by atoms with Crippen molar-refractivity contribution in [2.45, 2.75) is 12.1 Å². The van der Waals surface area contributed by atoms with Crippen molar-refractivity contribution in [3.8, 4) is 22.8 Å². The van der Waals surface area contributed by atoms with E-state index in [9.17, 15) is 14.9 Å². The van der Waals surface area contributed by atoms with Crippen molar-refractivity contribution >= 4 is 29.1 Å². The summed E-state index contributed by atoms with van der Waals surface area (Å²) in [6.45, 7) is 1.71. The summed E-state index contributed by atoms with van der Waals surface area (Å²) < 4.78 is 7.14. The lowest BCUT2D eigenvalue weighted by atomic mass is 10.1. The van der Waals surface area contributed by atoms with Crippen molar-refractivity contribution in [2.24, 2.45) is 5.10 Å². The van der Waals surface area contributed by atoms with Gasteiger partial charge in [-0.15, -0.1) is 10.2 Å². The van der Waals surface area contributed by atoms with Crippen molar-refractivity contribution in [1.82, 2.24) is 20.2 Å². The van der Waals surface area contributed by atoms with Gasteiger partial charge < -0.3 is 4.74 Å². The van der Waals surface area contributed by atoms with Gasteiger partial charge in [0.1, 0.15) is 5.75 Å². The zero-order valence-electron chi connectivity index (χ0n) is 19.5. The second kappa shape index (κ2) is 11.3. The second-order valence-electron chi connectivity index (χ2n) is 7.53. The number of hydrazone groups is 1. The van der Waals surface area contributed by atoms with E-state index in [0.717, 1.165) is 17.0 Å². The second-order valence-corrected chi connectivity index (χ2v) is 8.47. The van der Waals surface area contributed by atoms with Gasteiger partial charge in [0, 0.05) is 23.4 Å². The number of aromatic nitrogens is 3. The maximum Gasteiger partial charge on any atom is 0.269 e. The van der Waals surface area contributed by atoms with E-state index in [4.69, 9.17) is 4.74 Å². The summed E-state index contributed by atoms with van der Waals surface area (Å²) in [6.07, 6.45) is 0. The van der Waals surface area contributed by atoms with Crippen molar-refractivity contribution in [2.75, 3.05) is 12.9 Å². The van der Waals surface area contributed by atoms with Gasteiger partial charge in [-0.1, -0.05) is 30.0 Å². The monoisotopic (exact) mass is 502 g/mol. The van der Waals surface area contributed by atoms with E-state index in [1.807, 2.05) is 59.2 Å². The number of nitro benzene ring substituents is 1. The molecule has 0 unspecified atom stereocenters. The van der Waals surface area contributed by atoms with Gasteiger partial charge in [0.25, 0.3) is 11.6 Å². The fraction of sp³-hybridized carbons (Fsp3) is 0.120. The third kappa shape index (κ3) is 5.76. The molecule has 0 bridgehead atoms. The van der Waals surface area contributed by atoms with Crippen LogP contribution in [-0.4, -0.2) is 44.2 Å². The molecule has 1 aromatic heterocycles. The molecule has 4 aromatic rings. The first-order chi connectivity index (χ1) is 17.5. The molecule has 0 aliphatic rings. The van der Waals surface area contributed by atoms with Crippen LogP contribution in [-0.2, 0) is 4.79 Å². The van der Waals surface area contributed by atoms with Crippen molar-refractivity contribution in [3.05, 3.63) is 94.5 Å². The number of para-hydroxylation sites is 1. The number of methoxy groups -OCH3 is 1. The van der Waals surface area contributed by atoms with Gasteiger partial charge in [-0.3, -0.25) is 19.5 Å². The molecule has 3 aromatic carbocycles. The number of carbonyl (C=O) groups excluding carboxylic acids is 1. The van der Waals surface area contributed by atoms with E-state index in [1.54, 1.807) is 26.2 Å². The topological polar surface area (TPSA) is 125 Å². The molecular weight excluding hydrogens is 480 g/mol. The molecule has 0 saturated heterocycles. The molecule has 36 heavy (non-hydrogen) atoms. The van der Waals surface area contributed by atoms with E-state index >= 15 is 0 Å². The summed E-state index contributed by atoms with van der Waals surface area (Å²) in [7, 11) is 1.61. The number of non-ortho nitro benzene ring substituents is 1. The average molecular weight is 503 g/mol. The maximum absolute atomic E-state index is 12.5. The summed E-state index contributed by atoms with van der Waals surface area (Å²) in [5.74, 6) is 1.11. The van der Waals surface area contributed by atoms with Crippen molar-refractivity contribution in [1.29, 1.82) is 0 Å². The fourth-order valence-corrected chi connectivity index (χ4v) is 4.04. The van der Waals surface area contributed by atoms with Crippen LogP contribution in [0.25, 0.3) is 17.1 Å². The zero-order chi connectivity index (χ0) is 25.5. The molecule has 1 heterocycles. The van der Waals surface area contributed by atoms with Crippen LogP contribution in [0.3, 0.4) is 0 Å². The quantitative estimate of drug-likeness (QED) is 0.155. The highest BCUT2D eigenvalue weighted by Gasteiger charge is 2.17. The maximum atomic E-state index is 12.5. The molecule has 0 saturated carbocycles. The summed E-state index contributed by atoms with van der Waals surface area (Å²) in [5.41, 5.74) is 5.42. The van der Waals surface area contributed by atoms with Gasteiger partial charge in [-0.25, -0.2) is 5.43 Å². The minimum absolute atomic E-state index is 0.0106. The number of rotatable bonds is 9. The normalized spacial score (nSPS) is 11.2. The molecule has 0 radical (unpaired) electrons.